The summed E-state index contributed by atoms with van der Waals surface area (Å²) in [5, 5.41) is 18.6. The first kappa shape index (κ1) is 19.2. The van der Waals surface area contributed by atoms with Crippen LogP contribution in [0.1, 0.15) is 21.7 Å². The average molecular weight is 430 g/mol. The molecule has 5 rings (SSSR count). The number of aryl methyl sites for hydroxylation is 1. The lowest BCUT2D eigenvalue weighted by atomic mass is 10.1. The Morgan fingerprint density at radius 2 is 1.81 bits per heavy atom. The Balaban J connectivity index is 1.31. The van der Waals surface area contributed by atoms with Gasteiger partial charge >= 0.3 is 0 Å². The van der Waals surface area contributed by atoms with Gasteiger partial charge in [0.2, 0.25) is 4.96 Å². The molecule has 0 aliphatic rings. The molecule has 3 aromatic carbocycles. The largest absolute Gasteiger partial charge is 0.496 e. The van der Waals surface area contributed by atoms with Crippen molar-refractivity contribution in [1.82, 2.24) is 25.1 Å². The SMILES string of the molecule is COc1cc2ccccc2cc1C(=O)NCc1ccc(-c2nn3c(C)nnc3s2)cc1. The van der Waals surface area contributed by atoms with Crippen molar-refractivity contribution in [3.05, 3.63) is 77.6 Å². The molecule has 0 aliphatic heterocycles. The van der Waals surface area contributed by atoms with Crippen molar-refractivity contribution in [1.29, 1.82) is 0 Å². The van der Waals surface area contributed by atoms with Gasteiger partial charge in [0.25, 0.3) is 5.91 Å². The van der Waals surface area contributed by atoms with E-state index in [0.29, 0.717) is 17.9 Å². The third-order valence-electron chi connectivity index (χ3n) is 5.11. The van der Waals surface area contributed by atoms with Crippen LogP contribution in [0.2, 0.25) is 0 Å². The zero-order valence-electron chi connectivity index (χ0n) is 17.0. The third-order valence-corrected chi connectivity index (χ3v) is 6.06. The number of methoxy groups -OCH3 is 1. The van der Waals surface area contributed by atoms with E-state index in [1.54, 1.807) is 11.6 Å². The van der Waals surface area contributed by atoms with Crippen molar-refractivity contribution in [3.63, 3.8) is 0 Å². The normalized spacial score (nSPS) is 11.2. The maximum atomic E-state index is 12.8. The molecule has 0 atom stereocenters. The summed E-state index contributed by atoms with van der Waals surface area (Å²) >= 11 is 1.49. The molecule has 0 saturated heterocycles. The number of amides is 1. The van der Waals surface area contributed by atoms with E-state index < -0.39 is 0 Å². The van der Waals surface area contributed by atoms with Crippen molar-refractivity contribution in [2.45, 2.75) is 13.5 Å². The molecule has 154 valence electrons. The number of hydrogen-bond donors (Lipinski definition) is 1. The smallest absolute Gasteiger partial charge is 0.255 e. The molecule has 0 unspecified atom stereocenters. The van der Waals surface area contributed by atoms with E-state index in [1.165, 1.54) is 11.3 Å². The maximum absolute atomic E-state index is 12.8. The highest BCUT2D eigenvalue weighted by molar-refractivity contribution is 7.19. The summed E-state index contributed by atoms with van der Waals surface area (Å²) in [5.74, 6) is 1.15. The summed E-state index contributed by atoms with van der Waals surface area (Å²) in [5.41, 5.74) is 2.52. The van der Waals surface area contributed by atoms with Gasteiger partial charge in [0.1, 0.15) is 10.8 Å². The van der Waals surface area contributed by atoms with Crippen LogP contribution in [0, 0.1) is 6.92 Å². The van der Waals surface area contributed by atoms with E-state index in [-0.39, 0.29) is 5.91 Å². The van der Waals surface area contributed by atoms with Crippen molar-refractivity contribution < 1.29 is 9.53 Å². The van der Waals surface area contributed by atoms with Crippen LogP contribution in [0.5, 0.6) is 5.75 Å². The Kier molecular flexibility index (Phi) is 4.83. The van der Waals surface area contributed by atoms with Gasteiger partial charge < -0.3 is 10.1 Å². The van der Waals surface area contributed by atoms with Gasteiger partial charge in [-0.15, -0.1) is 10.2 Å². The second kappa shape index (κ2) is 7.81. The van der Waals surface area contributed by atoms with Crippen LogP contribution in [0.4, 0.5) is 0 Å². The molecule has 1 N–H and O–H groups in total. The number of nitrogens with zero attached hydrogens (tertiary/aromatic N) is 4. The fraction of sp³-hybridized carbons (Fsp3) is 0.130. The Hall–Kier alpha value is -3.78. The van der Waals surface area contributed by atoms with Gasteiger partial charge in [-0.3, -0.25) is 4.79 Å². The highest BCUT2D eigenvalue weighted by Gasteiger charge is 2.14. The lowest BCUT2D eigenvalue weighted by molar-refractivity contribution is 0.0948. The van der Waals surface area contributed by atoms with Crippen LogP contribution >= 0.6 is 11.3 Å². The lowest BCUT2D eigenvalue weighted by Crippen LogP contribution is -2.23. The van der Waals surface area contributed by atoms with Gasteiger partial charge in [-0.2, -0.15) is 9.61 Å². The minimum absolute atomic E-state index is 0.171. The van der Waals surface area contributed by atoms with E-state index in [1.807, 2.05) is 67.6 Å². The molecule has 8 heteroatoms. The third kappa shape index (κ3) is 3.62. The Morgan fingerprint density at radius 1 is 1.06 bits per heavy atom. The van der Waals surface area contributed by atoms with Gasteiger partial charge in [0.05, 0.1) is 12.7 Å². The molecule has 5 aromatic rings. The number of aromatic nitrogens is 4. The summed E-state index contributed by atoms with van der Waals surface area (Å²) in [6.07, 6.45) is 0. The Labute approximate surface area is 182 Å². The highest BCUT2D eigenvalue weighted by atomic mass is 32.1. The molecular weight excluding hydrogens is 410 g/mol. The molecule has 0 aliphatic carbocycles. The Bertz CT molecular complexity index is 1410. The second-order valence-corrected chi connectivity index (χ2v) is 8.08. The average Bonchev–Trinajstić information content (AvgIpc) is 3.39. The number of nitrogens with one attached hydrogen (secondary N) is 1. The predicted octanol–water partition coefficient (Wildman–Crippen LogP) is 4.25. The van der Waals surface area contributed by atoms with Gasteiger partial charge in [-0.1, -0.05) is 59.9 Å². The van der Waals surface area contributed by atoms with Crippen LogP contribution in [-0.2, 0) is 6.54 Å². The Morgan fingerprint density at radius 3 is 2.52 bits per heavy atom. The van der Waals surface area contributed by atoms with Gasteiger partial charge in [-0.05, 0) is 35.4 Å². The lowest BCUT2D eigenvalue weighted by Gasteiger charge is -2.11. The van der Waals surface area contributed by atoms with Gasteiger partial charge in [0.15, 0.2) is 5.82 Å². The minimum atomic E-state index is -0.171. The first-order valence-corrected chi connectivity index (χ1v) is 10.6. The summed E-state index contributed by atoms with van der Waals surface area (Å²) in [6, 6.07) is 19.6. The van der Waals surface area contributed by atoms with Gasteiger partial charge in [0, 0.05) is 12.1 Å². The topological polar surface area (TPSA) is 81.4 Å². The molecular formula is C23H19N5O2S. The summed E-state index contributed by atoms with van der Waals surface area (Å²) in [6.45, 7) is 2.29. The van der Waals surface area contributed by atoms with Crippen molar-refractivity contribution in [3.8, 4) is 16.3 Å². The molecule has 31 heavy (non-hydrogen) atoms. The molecule has 0 fully saturated rings. The van der Waals surface area contributed by atoms with E-state index in [2.05, 4.69) is 20.6 Å². The second-order valence-electron chi connectivity index (χ2n) is 7.13. The molecule has 2 heterocycles. The van der Waals surface area contributed by atoms with E-state index in [0.717, 1.165) is 37.7 Å². The molecule has 2 aromatic heterocycles. The molecule has 0 spiro atoms. The minimum Gasteiger partial charge on any atom is -0.496 e. The van der Waals surface area contributed by atoms with Crippen LogP contribution in [0.25, 0.3) is 26.3 Å². The van der Waals surface area contributed by atoms with Crippen LogP contribution < -0.4 is 10.1 Å². The fourth-order valence-corrected chi connectivity index (χ4v) is 4.33. The quantitative estimate of drug-likeness (QED) is 0.452. The number of carbonyl (C=O) groups excluding carboxylic acids is 1. The fourth-order valence-electron chi connectivity index (χ4n) is 3.44. The van der Waals surface area contributed by atoms with E-state index in [9.17, 15) is 4.79 Å². The van der Waals surface area contributed by atoms with E-state index >= 15 is 0 Å². The van der Waals surface area contributed by atoms with E-state index in [4.69, 9.17) is 4.74 Å². The zero-order valence-corrected chi connectivity index (χ0v) is 17.8. The number of fused-ring (bicyclic) bond motifs is 2. The first-order valence-electron chi connectivity index (χ1n) is 9.75. The van der Waals surface area contributed by atoms with Crippen molar-refractivity contribution in [2.75, 3.05) is 7.11 Å². The molecule has 1 amide bonds. The van der Waals surface area contributed by atoms with Gasteiger partial charge in [-0.25, -0.2) is 0 Å². The standard InChI is InChI=1S/C23H19N5O2S/c1-14-25-26-23-28(14)27-22(31-23)16-9-7-15(8-10-16)13-24-21(29)19-11-17-5-3-4-6-18(17)12-20(19)30-2/h3-12H,13H2,1-2H3,(H,24,29). The molecule has 0 radical (unpaired) electrons. The predicted molar refractivity (Wildman–Crippen MR) is 121 cm³/mol. The highest BCUT2D eigenvalue weighted by Crippen LogP contribution is 2.27. The number of carbonyl (C=O) groups is 1. The van der Waals surface area contributed by atoms with Crippen molar-refractivity contribution in [2.24, 2.45) is 0 Å². The maximum Gasteiger partial charge on any atom is 0.255 e. The first-order chi connectivity index (χ1) is 15.1. The summed E-state index contributed by atoms with van der Waals surface area (Å²) < 4.78 is 7.18. The van der Waals surface area contributed by atoms with Crippen LogP contribution in [0.3, 0.4) is 0 Å². The molecule has 0 bridgehead atoms. The van der Waals surface area contributed by atoms with Crippen LogP contribution in [0.15, 0.2) is 60.7 Å². The summed E-state index contributed by atoms with van der Waals surface area (Å²) in [4.78, 5) is 13.6. The number of rotatable bonds is 5. The monoisotopic (exact) mass is 429 g/mol. The van der Waals surface area contributed by atoms with Crippen molar-refractivity contribution >= 4 is 33.0 Å². The number of benzene rings is 3. The zero-order chi connectivity index (χ0) is 21.4. The number of ether oxygens (including phenoxy) is 1. The van der Waals surface area contributed by atoms with Crippen LogP contribution in [-0.4, -0.2) is 32.8 Å². The molecule has 7 nitrogen and oxygen atoms in total. The number of hydrogen-bond acceptors (Lipinski definition) is 6. The summed E-state index contributed by atoms with van der Waals surface area (Å²) in [7, 11) is 1.58. The molecule has 0 saturated carbocycles.